The van der Waals surface area contributed by atoms with Gasteiger partial charge < -0.3 is 24.3 Å². The molecule has 158 valence electrons. The van der Waals surface area contributed by atoms with E-state index in [9.17, 15) is 9.59 Å². The van der Waals surface area contributed by atoms with E-state index in [1.807, 2.05) is 52.0 Å². The molecule has 1 aliphatic rings. The summed E-state index contributed by atoms with van der Waals surface area (Å²) < 4.78 is 21.4. The van der Waals surface area contributed by atoms with Crippen LogP contribution in [0.25, 0.3) is 0 Å². The van der Waals surface area contributed by atoms with Crippen LogP contribution in [-0.4, -0.2) is 50.1 Å². The van der Waals surface area contributed by atoms with Crippen molar-refractivity contribution in [2.24, 2.45) is 0 Å². The van der Waals surface area contributed by atoms with Gasteiger partial charge in [-0.2, -0.15) is 0 Å². The molecule has 0 aromatic rings. The Morgan fingerprint density at radius 2 is 1.93 bits per heavy atom. The van der Waals surface area contributed by atoms with Crippen molar-refractivity contribution in [2.45, 2.75) is 59.2 Å². The fourth-order valence-corrected chi connectivity index (χ4v) is 2.40. The van der Waals surface area contributed by atoms with Crippen molar-refractivity contribution in [3.05, 3.63) is 35.6 Å². The van der Waals surface area contributed by atoms with Crippen LogP contribution in [-0.2, 0) is 23.7 Å². The summed E-state index contributed by atoms with van der Waals surface area (Å²) in [6.07, 6.45) is 7.70. The van der Waals surface area contributed by atoms with Crippen molar-refractivity contribution in [1.29, 1.82) is 0 Å². The average Bonchev–Trinajstić information content (AvgIpc) is 2.82. The Labute approximate surface area is 167 Å². The van der Waals surface area contributed by atoms with Crippen molar-refractivity contribution in [2.75, 3.05) is 26.4 Å². The van der Waals surface area contributed by atoms with Crippen LogP contribution in [0.2, 0.25) is 0 Å². The fraction of sp³-hybridized carbons (Fsp3) is 0.619. The number of rotatable bonds is 10. The topological polar surface area (TPSA) is 83.1 Å². The maximum absolute atomic E-state index is 12.0. The van der Waals surface area contributed by atoms with Crippen molar-refractivity contribution >= 4 is 12.1 Å². The molecule has 7 nitrogen and oxygen atoms in total. The lowest BCUT2D eigenvalue weighted by Crippen LogP contribution is -2.34. The van der Waals surface area contributed by atoms with Gasteiger partial charge in [0.15, 0.2) is 6.10 Å². The number of carbonyl (C=O) groups excluding carboxylic acids is 2. The molecular weight excluding hydrogens is 362 g/mol. The van der Waals surface area contributed by atoms with Crippen molar-refractivity contribution in [3.63, 3.8) is 0 Å². The van der Waals surface area contributed by atoms with Gasteiger partial charge in [-0.25, -0.2) is 9.59 Å². The summed E-state index contributed by atoms with van der Waals surface area (Å²) in [4.78, 5) is 23.6. The van der Waals surface area contributed by atoms with Crippen LogP contribution in [0.3, 0.4) is 0 Å². The minimum Gasteiger partial charge on any atom is -0.496 e. The lowest BCUT2D eigenvalue weighted by Gasteiger charge is -2.19. The number of amides is 1. The summed E-state index contributed by atoms with van der Waals surface area (Å²) in [5.41, 5.74) is 0.431. The average molecular weight is 395 g/mol. The van der Waals surface area contributed by atoms with Gasteiger partial charge >= 0.3 is 12.1 Å². The molecule has 0 aromatic heterocycles. The smallest absolute Gasteiger partial charge is 0.407 e. The van der Waals surface area contributed by atoms with Crippen LogP contribution in [0.1, 0.15) is 47.5 Å². The summed E-state index contributed by atoms with van der Waals surface area (Å²) in [5, 5.41) is 2.65. The monoisotopic (exact) mass is 395 g/mol. The molecule has 28 heavy (non-hydrogen) atoms. The molecule has 1 rings (SSSR count). The largest absolute Gasteiger partial charge is 0.496 e. The molecule has 1 N–H and O–H groups in total. The highest BCUT2D eigenvalue weighted by molar-refractivity contribution is 5.75. The van der Waals surface area contributed by atoms with Crippen LogP contribution in [0.5, 0.6) is 0 Å². The number of alkyl carbamates (subject to hydrolysis) is 1. The van der Waals surface area contributed by atoms with Crippen molar-refractivity contribution < 1.29 is 28.5 Å². The summed E-state index contributed by atoms with van der Waals surface area (Å²) in [6.45, 7) is 10.5. The molecule has 1 atom stereocenters. The van der Waals surface area contributed by atoms with Gasteiger partial charge in [-0.3, -0.25) is 0 Å². The number of allylic oxidation sites excluding steroid dienone is 4. The lowest BCUT2D eigenvalue weighted by atomic mass is 10.1. The van der Waals surface area contributed by atoms with E-state index in [-0.39, 0.29) is 5.97 Å². The summed E-state index contributed by atoms with van der Waals surface area (Å²) >= 11 is 0. The fourth-order valence-electron chi connectivity index (χ4n) is 2.40. The summed E-state index contributed by atoms with van der Waals surface area (Å²) in [5.74, 6) is 0.429. The molecule has 1 amide bonds. The van der Waals surface area contributed by atoms with E-state index in [1.54, 1.807) is 6.92 Å². The van der Waals surface area contributed by atoms with Crippen molar-refractivity contribution in [3.8, 4) is 0 Å². The molecule has 0 unspecified atom stereocenters. The van der Waals surface area contributed by atoms with Gasteiger partial charge in [-0.05, 0) is 46.3 Å². The highest BCUT2D eigenvalue weighted by Gasteiger charge is 2.21. The SMILES string of the molecule is CCOC(=O)[C@H](CC1=CC=C(OCCNC(=O)OC(C)(C)C)CC=C1)OCC. The first-order valence-electron chi connectivity index (χ1n) is 9.69. The second-order valence-electron chi connectivity index (χ2n) is 7.16. The summed E-state index contributed by atoms with van der Waals surface area (Å²) in [6, 6.07) is 0. The first-order valence-corrected chi connectivity index (χ1v) is 9.69. The third-order valence-corrected chi connectivity index (χ3v) is 3.53. The Morgan fingerprint density at radius 1 is 1.18 bits per heavy atom. The Hall–Kier alpha value is -2.28. The second-order valence-corrected chi connectivity index (χ2v) is 7.16. The molecule has 0 saturated carbocycles. The van der Waals surface area contributed by atoms with Gasteiger partial charge in [0.2, 0.25) is 0 Å². The first kappa shape index (κ1) is 23.8. The molecule has 0 aromatic carbocycles. The van der Waals surface area contributed by atoms with E-state index in [1.165, 1.54) is 0 Å². The van der Waals surface area contributed by atoms with E-state index >= 15 is 0 Å². The maximum atomic E-state index is 12.0. The third kappa shape index (κ3) is 10.2. The Balaban J connectivity index is 2.49. The zero-order valence-electron chi connectivity index (χ0n) is 17.6. The molecule has 7 heteroatoms. The number of hydrogen-bond donors (Lipinski definition) is 1. The normalized spacial score (nSPS) is 15.0. The molecule has 0 spiro atoms. The molecule has 0 bridgehead atoms. The summed E-state index contributed by atoms with van der Waals surface area (Å²) in [7, 11) is 0. The predicted octanol–water partition coefficient (Wildman–Crippen LogP) is 3.66. The molecule has 0 saturated heterocycles. The van der Waals surface area contributed by atoms with Crippen LogP contribution in [0.4, 0.5) is 4.79 Å². The number of ether oxygens (including phenoxy) is 4. The minimum atomic E-state index is -0.616. The van der Waals surface area contributed by atoms with Gasteiger partial charge in [-0.15, -0.1) is 0 Å². The Bertz CT molecular complexity index is 601. The molecule has 0 aliphatic heterocycles. The maximum Gasteiger partial charge on any atom is 0.407 e. The number of nitrogens with one attached hydrogen (secondary N) is 1. The third-order valence-electron chi connectivity index (χ3n) is 3.53. The number of carbonyl (C=O) groups is 2. The predicted molar refractivity (Wildman–Crippen MR) is 107 cm³/mol. The highest BCUT2D eigenvalue weighted by atomic mass is 16.6. The van der Waals surface area contributed by atoms with E-state index in [2.05, 4.69) is 5.32 Å². The first-order chi connectivity index (χ1) is 13.2. The number of esters is 1. The van der Waals surface area contributed by atoms with Crippen LogP contribution >= 0.6 is 0 Å². The molecule has 1 aliphatic carbocycles. The Kier molecular flexibility index (Phi) is 10.4. The lowest BCUT2D eigenvalue weighted by molar-refractivity contribution is -0.156. The number of hydrogen-bond acceptors (Lipinski definition) is 6. The van der Waals surface area contributed by atoms with Gasteiger partial charge in [-0.1, -0.05) is 18.2 Å². The zero-order chi connectivity index (χ0) is 21.0. The van der Waals surface area contributed by atoms with Crippen molar-refractivity contribution in [1.82, 2.24) is 5.32 Å². The van der Waals surface area contributed by atoms with Gasteiger partial charge in [0, 0.05) is 19.4 Å². The standard InChI is InChI=1S/C21H33NO6/c1-6-25-18(19(23)26-7-2)15-16-9-8-10-17(12-11-16)27-14-13-22-20(24)28-21(3,4)5/h8-9,11-12,18H,6-7,10,13-15H2,1-5H3,(H,22,24)/t18-/m0/s1. The molecule has 0 fully saturated rings. The van der Waals surface area contributed by atoms with E-state index in [0.717, 1.165) is 11.3 Å². The molecule has 0 heterocycles. The Morgan fingerprint density at radius 3 is 2.57 bits per heavy atom. The van der Waals surface area contributed by atoms with Crippen LogP contribution < -0.4 is 5.32 Å². The minimum absolute atomic E-state index is 0.326. The van der Waals surface area contributed by atoms with Gasteiger partial charge in [0.05, 0.1) is 18.9 Å². The van der Waals surface area contributed by atoms with E-state index < -0.39 is 17.8 Å². The zero-order valence-corrected chi connectivity index (χ0v) is 17.6. The molecule has 0 radical (unpaired) electrons. The van der Waals surface area contributed by atoms with Gasteiger partial charge in [0.1, 0.15) is 12.2 Å². The van der Waals surface area contributed by atoms with Crippen LogP contribution in [0, 0.1) is 0 Å². The van der Waals surface area contributed by atoms with Gasteiger partial charge in [0.25, 0.3) is 0 Å². The van der Waals surface area contributed by atoms with E-state index in [4.69, 9.17) is 18.9 Å². The quantitative estimate of drug-likeness (QED) is 0.449. The van der Waals surface area contributed by atoms with Crippen LogP contribution in [0.15, 0.2) is 35.6 Å². The highest BCUT2D eigenvalue weighted by Crippen LogP contribution is 2.18. The molecular formula is C21H33NO6. The van der Waals surface area contributed by atoms with E-state index in [0.29, 0.717) is 39.2 Å². The second kappa shape index (κ2) is 12.2.